The second kappa shape index (κ2) is 8.42. The minimum absolute atomic E-state index is 0.273. The van der Waals surface area contributed by atoms with E-state index in [1.54, 1.807) is 23.9 Å². The molecule has 1 rings (SSSR count). The lowest BCUT2D eigenvalue weighted by molar-refractivity contribution is 0.0180. The zero-order valence-electron chi connectivity index (χ0n) is 14.7. The summed E-state index contributed by atoms with van der Waals surface area (Å²) in [5, 5.41) is 0. The van der Waals surface area contributed by atoms with E-state index in [0.29, 0.717) is 25.6 Å². The van der Waals surface area contributed by atoms with Gasteiger partial charge in [-0.2, -0.15) is 4.99 Å². The average molecular weight is 344 g/mol. The van der Waals surface area contributed by atoms with Crippen LogP contribution in [0.5, 0.6) is 0 Å². The third-order valence-electron chi connectivity index (χ3n) is 3.32. The summed E-state index contributed by atoms with van der Waals surface area (Å²) >= 11 is 4.20. The van der Waals surface area contributed by atoms with E-state index in [4.69, 9.17) is 4.74 Å². The van der Waals surface area contributed by atoms with Crippen LogP contribution in [0.25, 0.3) is 0 Å². The highest BCUT2D eigenvalue weighted by atomic mass is 32.1. The molecule has 0 aromatic heterocycles. The number of hydrogen-bond acceptors (Lipinski definition) is 4. The van der Waals surface area contributed by atoms with E-state index in [9.17, 15) is 9.59 Å². The second-order valence-electron chi connectivity index (χ2n) is 6.98. The monoisotopic (exact) mass is 344 g/mol. The third-order valence-corrected chi connectivity index (χ3v) is 3.65. The maximum atomic E-state index is 12.0. The van der Waals surface area contributed by atoms with Crippen LogP contribution in [0, 0.1) is 5.92 Å². The van der Waals surface area contributed by atoms with Crippen molar-refractivity contribution in [1.82, 2.24) is 14.1 Å². The van der Waals surface area contributed by atoms with Gasteiger partial charge < -0.3 is 14.5 Å². The number of ether oxygens (including phenoxy) is 1. The Balaban J connectivity index is 2.39. The van der Waals surface area contributed by atoms with E-state index in [1.165, 1.54) is 10.6 Å². The van der Waals surface area contributed by atoms with Crippen molar-refractivity contribution in [3.63, 3.8) is 0 Å². The molecule has 0 spiro atoms. The highest BCUT2D eigenvalue weighted by Crippen LogP contribution is 2.21. The van der Waals surface area contributed by atoms with Crippen LogP contribution in [0.3, 0.4) is 0 Å². The highest BCUT2D eigenvalue weighted by molar-refractivity contribution is 7.78. The first kappa shape index (κ1) is 19.6. The predicted molar refractivity (Wildman–Crippen MR) is 93.8 cm³/mol. The van der Waals surface area contributed by atoms with Gasteiger partial charge in [-0.1, -0.05) is 12.8 Å². The van der Waals surface area contributed by atoms with Gasteiger partial charge in [0, 0.05) is 33.7 Å². The van der Waals surface area contributed by atoms with Crippen molar-refractivity contribution in [2.45, 2.75) is 39.2 Å². The first-order valence-corrected chi connectivity index (χ1v) is 8.17. The van der Waals surface area contributed by atoms with Crippen LogP contribution in [0.15, 0.2) is 4.99 Å². The number of nitrogens with zero attached hydrogens (tertiary/aromatic N) is 4. The van der Waals surface area contributed by atoms with Crippen LogP contribution < -0.4 is 0 Å². The molecule has 7 nitrogen and oxygen atoms in total. The first-order valence-electron chi connectivity index (χ1n) is 7.77. The summed E-state index contributed by atoms with van der Waals surface area (Å²) in [5.41, 5.74) is -0.479. The molecule has 1 heterocycles. The molecule has 0 bridgehead atoms. The SMILES string of the molecule is CN(C)C=NC(=O)N(S)CC1CCN(C(=O)OC(C)(C)C)CC1. The maximum Gasteiger partial charge on any atom is 0.410 e. The second-order valence-corrected chi connectivity index (χ2v) is 7.47. The summed E-state index contributed by atoms with van der Waals surface area (Å²) in [6, 6.07) is -0.378. The largest absolute Gasteiger partial charge is 0.444 e. The van der Waals surface area contributed by atoms with Crippen molar-refractivity contribution < 1.29 is 14.3 Å². The van der Waals surface area contributed by atoms with Gasteiger partial charge >= 0.3 is 12.1 Å². The van der Waals surface area contributed by atoms with Crippen molar-refractivity contribution >= 4 is 31.3 Å². The normalized spacial score (nSPS) is 16.5. The fourth-order valence-corrected chi connectivity index (χ4v) is 2.46. The molecule has 0 N–H and O–H groups in total. The molecule has 8 heteroatoms. The number of urea groups is 1. The molecule has 3 amide bonds. The first-order chi connectivity index (χ1) is 10.6. The van der Waals surface area contributed by atoms with Crippen molar-refractivity contribution in [2.24, 2.45) is 10.9 Å². The molecule has 1 aliphatic heterocycles. The van der Waals surface area contributed by atoms with Gasteiger partial charge in [-0.05, 0) is 39.5 Å². The lowest BCUT2D eigenvalue weighted by Gasteiger charge is -2.34. The smallest absolute Gasteiger partial charge is 0.410 e. The summed E-state index contributed by atoms with van der Waals surface area (Å²) in [5.74, 6) is 0.310. The Morgan fingerprint density at radius 3 is 2.35 bits per heavy atom. The molecule has 0 atom stereocenters. The van der Waals surface area contributed by atoms with E-state index < -0.39 is 5.60 Å². The van der Waals surface area contributed by atoms with Gasteiger partial charge in [0.05, 0.1) is 6.34 Å². The fourth-order valence-electron chi connectivity index (χ4n) is 2.18. The molecular formula is C15H28N4O3S. The summed E-state index contributed by atoms with van der Waals surface area (Å²) in [7, 11) is 3.60. The molecule has 23 heavy (non-hydrogen) atoms. The minimum Gasteiger partial charge on any atom is -0.444 e. The molecule has 1 saturated heterocycles. The van der Waals surface area contributed by atoms with Crippen molar-refractivity contribution in [1.29, 1.82) is 0 Å². The summed E-state index contributed by atoms with van der Waals surface area (Å²) in [6.07, 6.45) is 2.82. The summed E-state index contributed by atoms with van der Waals surface area (Å²) in [6.45, 7) is 7.37. The Labute approximate surface area is 144 Å². The predicted octanol–water partition coefficient (Wildman–Crippen LogP) is 2.49. The quantitative estimate of drug-likeness (QED) is 0.485. The van der Waals surface area contributed by atoms with Crippen molar-refractivity contribution in [2.75, 3.05) is 33.7 Å². The Kier molecular flexibility index (Phi) is 7.18. The Hall–Kier alpha value is -1.44. The minimum atomic E-state index is -0.479. The number of amides is 3. The van der Waals surface area contributed by atoms with Crippen LogP contribution in [0.4, 0.5) is 9.59 Å². The topological polar surface area (TPSA) is 65.5 Å². The van der Waals surface area contributed by atoms with Crippen LogP contribution in [-0.4, -0.2) is 71.9 Å². The van der Waals surface area contributed by atoms with E-state index in [0.717, 1.165) is 12.8 Å². The van der Waals surface area contributed by atoms with E-state index >= 15 is 0 Å². The van der Waals surface area contributed by atoms with E-state index in [1.807, 2.05) is 20.8 Å². The van der Waals surface area contributed by atoms with Gasteiger partial charge in [-0.3, -0.25) is 4.31 Å². The van der Waals surface area contributed by atoms with E-state index in [-0.39, 0.29) is 12.1 Å². The third kappa shape index (κ3) is 7.58. The Morgan fingerprint density at radius 1 is 1.30 bits per heavy atom. The molecule has 0 aromatic carbocycles. The Bertz CT molecular complexity index is 440. The van der Waals surface area contributed by atoms with Gasteiger partial charge in [0.25, 0.3) is 0 Å². The lowest BCUT2D eigenvalue weighted by Crippen LogP contribution is -2.43. The summed E-state index contributed by atoms with van der Waals surface area (Å²) < 4.78 is 6.70. The Morgan fingerprint density at radius 2 is 1.87 bits per heavy atom. The number of hydrogen-bond donors (Lipinski definition) is 1. The van der Waals surface area contributed by atoms with Gasteiger partial charge in [-0.15, -0.1) is 0 Å². The number of carbonyl (C=O) groups excluding carboxylic acids is 2. The number of piperidine rings is 1. The van der Waals surface area contributed by atoms with Gasteiger partial charge in [0.2, 0.25) is 0 Å². The van der Waals surface area contributed by atoms with Crippen LogP contribution >= 0.6 is 12.8 Å². The number of carbonyl (C=O) groups is 2. The average Bonchev–Trinajstić information content (AvgIpc) is 2.43. The molecule has 0 saturated carbocycles. The lowest BCUT2D eigenvalue weighted by atomic mass is 9.97. The number of likely N-dealkylation sites (tertiary alicyclic amines) is 1. The number of thiol groups is 1. The van der Waals surface area contributed by atoms with Gasteiger partial charge in [-0.25, -0.2) is 9.59 Å². The molecule has 0 aromatic rings. The molecule has 1 aliphatic rings. The zero-order chi connectivity index (χ0) is 17.6. The number of aliphatic imine (C=N–C) groups is 1. The maximum absolute atomic E-state index is 12.0. The number of rotatable bonds is 3. The van der Waals surface area contributed by atoms with Crippen LogP contribution in [0.1, 0.15) is 33.6 Å². The van der Waals surface area contributed by atoms with Gasteiger partial charge in [0.15, 0.2) is 0 Å². The molecular weight excluding hydrogens is 316 g/mol. The molecule has 132 valence electrons. The summed E-state index contributed by atoms with van der Waals surface area (Å²) in [4.78, 5) is 31.0. The molecule has 1 fully saturated rings. The molecule has 0 unspecified atom stereocenters. The molecule has 0 radical (unpaired) electrons. The zero-order valence-corrected chi connectivity index (χ0v) is 15.5. The van der Waals surface area contributed by atoms with Crippen molar-refractivity contribution in [3.8, 4) is 0 Å². The highest BCUT2D eigenvalue weighted by Gasteiger charge is 2.28. The van der Waals surface area contributed by atoms with Crippen LogP contribution in [-0.2, 0) is 4.74 Å². The standard InChI is InChI=1S/C15H28N4O3S/c1-15(2,3)22-14(21)18-8-6-12(7-9-18)10-19(23)13(20)16-11-17(4)5/h11-12,23H,6-10H2,1-5H3. The van der Waals surface area contributed by atoms with Crippen molar-refractivity contribution in [3.05, 3.63) is 0 Å². The van der Waals surface area contributed by atoms with Gasteiger partial charge in [0.1, 0.15) is 5.60 Å². The molecule has 0 aliphatic carbocycles. The van der Waals surface area contributed by atoms with Crippen LogP contribution in [0.2, 0.25) is 0 Å². The van der Waals surface area contributed by atoms with E-state index in [2.05, 4.69) is 17.8 Å². The fraction of sp³-hybridized carbons (Fsp3) is 0.800.